The smallest absolute Gasteiger partial charge is 0.412 e. The van der Waals surface area contributed by atoms with Crippen molar-refractivity contribution in [2.75, 3.05) is 19.5 Å². The summed E-state index contributed by atoms with van der Waals surface area (Å²) in [4.78, 5) is 41.5. The molecule has 1 amide bonds. The molecule has 216 valence electrons. The lowest BCUT2D eigenvalue weighted by atomic mass is 10.1. The van der Waals surface area contributed by atoms with Gasteiger partial charge in [-0.25, -0.2) is 33.9 Å². The van der Waals surface area contributed by atoms with E-state index in [0.29, 0.717) is 37.8 Å². The molecule has 0 bridgehead atoms. The van der Waals surface area contributed by atoms with Crippen LogP contribution in [0.15, 0.2) is 48.8 Å². The third-order valence-corrected chi connectivity index (χ3v) is 7.37. The molecule has 5 rings (SSSR count). The number of aryl methyl sites for hydroxylation is 1. The zero-order valence-corrected chi connectivity index (χ0v) is 24.1. The number of carbonyl (C=O) groups excluding carboxylic acids is 2. The van der Waals surface area contributed by atoms with E-state index >= 15 is 4.39 Å². The predicted molar refractivity (Wildman–Crippen MR) is 155 cm³/mol. The van der Waals surface area contributed by atoms with E-state index in [9.17, 15) is 9.59 Å². The molecule has 0 spiro atoms. The first kappa shape index (κ1) is 28.6. The van der Waals surface area contributed by atoms with Gasteiger partial charge in [-0.2, -0.15) is 0 Å². The highest BCUT2D eigenvalue weighted by Gasteiger charge is 2.22. The molecule has 5 aromatic rings. The SMILES string of the molecule is COC(=O)c1ccc(NC(=O)OC(C)C(C)Oc2cc3sc(-c4cc(C)cc5nc(OC)cnc45)nc3cc2F)cn1. The van der Waals surface area contributed by atoms with Crippen LogP contribution in [0.4, 0.5) is 14.9 Å². The number of nitrogens with one attached hydrogen (secondary N) is 1. The molecule has 0 aliphatic heterocycles. The van der Waals surface area contributed by atoms with Crippen LogP contribution >= 0.6 is 11.3 Å². The van der Waals surface area contributed by atoms with Crippen molar-refractivity contribution in [2.45, 2.75) is 33.0 Å². The van der Waals surface area contributed by atoms with E-state index in [1.54, 1.807) is 26.1 Å². The van der Waals surface area contributed by atoms with Gasteiger partial charge >= 0.3 is 12.1 Å². The molecule has 0 aliphatic rings. The standard InChI is InChI=1S/C29H26FN5O6S/c1-14-8-18(26-22(9-14)34-25(38-4)13-32-26)27-35-21-10-19(30)23(11-24(21)42-27)40-15(2)16(3)41-29(37)33-17-6-7-20(31-12-17)28(36)39-5/h6-13,15-16H,1-5H3,(H,33,37). The van der Waals surface area contributed by atoms with Gasteiger partial charge in [-0.3, -0.25) is 5.32 Å². The summed E-state index contributed by atoms with van der Waals surface area (Å²) in [6.07, 6.45) is 0.645. The number of methoxy groups -OCH3 is 2. The summed E-state index contributed by atoms with van der Waals surface area (Å²) in [7, 11) is 2.78. The fourth-order valence-electron chi connectivity index (χ4n) is 4.05. The second-order valence-electron chi connectivity index (χ2n) is 9.34. The van der Waals surface area contributed by atoms with Crippen molar-refractivity contribution in [3.63, 3.8) is 0 Å². The zero-order valence-electron chi connectivity index (χ0n) is 23.3. The van der Waals surface area contributed by atoms with Gasteiger partial charge in [0.1, 0.15) is 22.9 Å². The Morgan fingerprint density at radius 1 is 0.976 bits per heavy atom. The summed E-state index contributed by atoms with van der Waals surface area (Å²) in [5.41, 5.74) is 3.96. The number of fused-ring (bicyclic) bond motifs is 2. The molecule has 0 fully saturated rings. The lowest BCUT2D eigenvalue weighted by Crippen LogP contribution is -2.32. The van der Waals surface area contributed by atoms with Crippen molar-refractivity contribution in [2.24, 2.45) is 0 Å². The van der Waals surface area contributed by atoms with E-state index in [1.165, 1.54) is 50.0 Å². The van der Waals surface area contributed by atoms with Gasteiger partial charge in [0.15, 0.2) is 11.6 Å². The highest BCUT2D eigenvalue weighted by molar-refractivity contribution is 7.21. The molecule has 13 heteroatoms. The summed E-state index contributed by atoms with van der Waals surface area (Å²) in [6, 6.07) is 9.67. The molecule has 1 N–H and O–H groups in total. The zero-order chi connectivity index (χ0) is 30.0. The highest BCUT2D eigenvalue weighted by Crippen LogP contribution is 2.37. The highest BCUT2D eigenvalue weighted by atomic mass is 32.1. The molecule has 3 aromatic heterocycles. The van der Waals surface area contributed by atoms with Crippen molar-refractivity contribution in [3.05, 3.63) is 65.9 Å². The molecular formula is C29H26FN5O6S. The van der Waals surface area contributed by atoms with Crippen LogP contribution in [0.2, 0.25) is 0 Å². The largest absolute Gasteiger partial charge is 0.484 e. The molecular weight excluding hydrogens is 565 g/mol. The van der Waals surface area contributed by atoms with E-state index < -0.39 is 30.1 Å². The Hall–Kier alpha value is -4.91. The minimum Gasteiger partial charge on any atom is -0.484 e. The van der Waals surface area contributed by atoms with Crippen LogP contribution in [0.5, 0.6) is 11.6 Å². The van der Waals surface area contributed by atoms with Crippen LogP contribution in [0, 0.1) is 12.7 Å². The fourth-order valence-corrected chi connectivity index (χ4v) is 5.04. The first-order chi connectivity index (χ1) is 20.1. The van der Waals surface area contributed by atoms with Crippen LogP contribution in [0.3, 0.4) is 0 Å². The quantitative estimate of drug-likeness (QED) is 0.216. The fraction of sp³-hybridized carbons (Fsp3) is 0.241. The number of rotatable bonds is 8. The van der Waals surface area contributed by atoms with Gasteiger partial charge in [0.25, 0.3) is 0 Å². The number of amides is 1. The second kappa shape index (κ2) is 11.9. The van der Waals surface area contributed by atoms with E-state index in [0.717, 1.165) is 11.1 Å². The molecule has 3 heterocycles. The topological polar surface area (TPSA) is 135 Å². The number of ether oxygens (including phenoxy) is 4. The maximum Gasteiger partial charge on any atom is 0.412 e. The third-order valence-electron chi connectivity index (χ3n) is 6.32. The predicted octanol–water partition coefficient (Wildman–Crippen LogP) is 5.95. The maximum atomic E-state index is 15.1. The number of hydrogen-bond donors (Lipinski definition) is 1. The number of carbonyl (C=O) groups is 2. The number of anilines is 1. The average molecular weight is 592 g/mol. The van der Waals surface area contributed by atoms with Gasteiger partial charge in [-0.1, -0.05) is 0 Å². The second-order valence-corrected chi connectivity index (χ2v) is 10.4. The van der Waals surface area contributed by atoms with Gasteiger partial charge < -0.3 is 18.9 Å². The Labute approximate surface area is 243 Å². The Balaban J connectivity index is 1.30. The van der Waals surface area contributed by atoms with Crippen molar-refractivity contribution in [1.82, 2.24) is 19.9 Å². The molecule has 0 saturated carbocycles. The maximum absolute atomic E-state index is 15.1. The lowest BCUT2D eigenvalue weighted by Gasteiger charge is -2.22. The first-order valence-corrected chi connectivity index (χ1v) is 13.6. The number of pyridine rings is 1. The molecule has 11 nitrogen and oxygen atoms in total. The number of thiazole rings is 1. The minimum atomic E-state index is -0.764. The number of esters is 1. The molecule has 2 atom stereocenters. The molecule has 2 unspecified atom stereocenters. The number of aromatic nitrogens is 4. The molecule has 0 saturated heterocycles. The monoisotopic (exact) mass is 591 g/mol. The van der Waals surface area contributed by atoms with E-state index in [1.807, 2.05) is 19.1 Å². The summed E-state index contributed by atoms with van der Waals surface area (Å²) in [6.45, 7) is 5.24. The van der Waals surface area contributed by atoms with Crippen molar-refractivity contribution in [1.29, 1.82) is 0 Å². The Bertz CT molecular complexity index is 1800. The summed E-state index contributed by atoms with van der Waals surface area (Å²) >= 11 is 1.37. The van der Waals surface area contributed by atoms with Crippen LogP contribution in [-0.4, -0.2) is 58.4 Å². The lowest BCUT2D eigenvalue weighted by molar-refractivity contribution is 0.0402. The van der Waals surface area contributed by atoms with E-state index in [-0.39, 0.29) is 11.4 Å². The Morgan fingerprint density at radius 2 is 1.79 bits per heavy atom. The average Bonchev–Trinajstić information content (AvgIpc) is 3.38. The van der Waals surface area contributed by atoms with Crippen molar-refractivity contribution in [3.8, 4) is 22.2 Å². The van der Waals surface area contributed by atoms with Gasteiger partial charge in [0, 0.05) is 17.7 Å². The molecule has 42 heavy (non-hydrogen) atoms. The van der Waals surface area contributed by atoms with Crippen molar-refractivity contribution < 1.29 is 32.9 Å². The van der Waals surface area contributed by atoms with Crippen LogP contribution in [0.1, 0.15) is 29.9 Å². The van der Waals surface area contributed by atoms with Gasteiger partial charge in [-0.05, 0) is 50.6 Å². The third kappa shape index (κ3) is 6.05. The summed E-state index contributed by atoms with van der Waals surface area (Å²) in [5.74, 6) is -0.786. The first-order valence-electron chi connectivity index (χ1n) is 12.8. The Kier molecular flexibility index (Phi) is 8.11. The molecule has 0 aliphatic carbocycles. The number of halogens is 1. The van der Waals surface area contributed by atoms with Gasteiger partial charge in [-0.15, -0.1) is 11.3 Å². The Morgan fingerprint density at radius 3 is 2.50 bits per heavy atom. The molecule has 2 aromatic carbocycles. The number of benzene rings is 2. The van der Waals surface area contributed by atoms with Crippen LogP contribution < -0.4 is 14.8 Å². The van der Waals surface area contributed by atoms with Gasteiger partial charge in [0.05, 0.1) is 53.6 Å². The summed E-state index contributed by atoms with van der Waals surface area (Å²) < 4.78 is 36.8. The van der Waals surface area contributed by atoms with E-state index in [4.69, 9.17) is 14.2 Å². The normalized spacial score (nSPS) is 12.5. The molecule has 0 radical (unpaired) electrons. The van der Waals surface area contributed by atoms with Crippen molar-refractivity contribution >= 4 is 50.3 Å². The number of hydrogen-bond acceptors (Lipinski definition) is 11. The van der Waals surface area contributed by atoms with Crippen LogP contribution in [0.25, 0.3) is 31.8 Å². The van der Waals surface area contributed by atoms with E-state index in [2.05, 4.69) is 30.0 Å². The summed E-state index contributed by atoms with van der Waals surface area (Å²) in [5, 5.41) is 3.18. The number of nitrogens with zero attached hydrogens (tertiary/aromatic N) is 4. The van der Waals surface area contributed by atoms with Gasteiger partial charge in [0.2, 0.25) is 5.88 Å². The van der Waals surface area contributed by atoms with Crippen LogP contribution in [-0.2, 0) is 9.47 Å². The minimum absolute atomic E-state index is 0.00212.